The zero-order valence-corrected chi connectivity index (χ0v) is 16.8. The molecule has 154 valence electrons. The number of amides is 1. The van der Waals surface area contributed by atoms with Crippen molar-refractivity contribution in [3.05, 3.63) is 99.1 Å². The fourth-order valence-electron chi connectivity index (χ4n) is 2.76. The van der Waals surface area contributed by atoms with Crippen molar-refractivity contribution in [1.29, 1.82) is 0 Å². The Morgan fingerprint density at radius 3 is 2.81 bits per heavy atom. The minimum atomic E-state index is -0.477. The highest BCUT2D eigenvalue weighted by molar-refractivity contribution is 8.18. The van der Waals surface area contributed by atoms with E-state index in [9.17, 15) is 14.9 Å². The van der Waals surface area contributed by atoms with Crippen molar-refractivity contribution >= 4 is 40.8 Å². The minimum Gasteiger partial charge on any atom is -0.467 e. The van der Waals surface area contributed by atoms with Crippen LogP contribution in [-0.4, -0.2) is 32.1 Å². The second-order valence-corrected chi connectivity index (χ2v) is 7.36. The summed E-state index contributed by atoms with van der Waals surface area (Å²) in [6.45, 7) is 0.203. The average molecular weight is 433 g/mol. The van der Waals surface area contributed by atoms with Gasteiger partial charge in [0.2, 0.25) is 0 Å². The summed E-state index contributed by atoms with van der Waals surface area (Å²) in [6.07, 6.45) is 7.99. The van der Waals surface area contributed by atoms with Gasteiger partial charge in [0.05, 0.1) is 28.9 Å². The molecule has 0 saturated carbocycles. The molecular formula is C21H15N5O4S. The number of non-ortho nitro benzene ring substituents is 1. The van der Waals surface area contributed by atoms with E-state index in [2.05, 4.69) is 15.2 Å². The molecule has 0 aliphatic carbocycles. The Morgan fingerprint density at radius 1 is 1.19 bits per heavy atom. The first kappa shape index (κ1) is 20.2. The van der Waals surface area contributed by atoms with Crippen molar-refractivity contribution < 1.29 is 14.1 Å². The average Bonchev–Trinajstić information content (AvgIpc) is 3.39. The van der Waals surface area contributed by atoms with Gasteiger partial charge in [-0.2, -0.15) is 5.10 Å². The van der Waals surface area contributed by atoms with Gasteiger partial charge in [-0.1, -0.05) is 18.2 Å². The summed E-state index contributed by atoms with van der Waals surface area (Å²) in [5, 5.41) is 19.5. The molecule has 10 heteroatoms. The van der Waals surface area contributed by atoms with Crippen molar-refractivity contribution in [2.45, 2.75) is 6.54 Å². The number of pyridine rings is 1. The van der Waals surface area contributed by atoms with E-state index in [1.54, 1.807) is 48.8 Å². The Labute approximate surface area is 181 Å². The smallest absolute Gasteiger partial charge is 0.270 e. The summed E-state index contributed by atoms with van der Waals surface area (Å²) in [4.78, 5) is 29.4. The van der Waals surface area contributed by atoms with Crippen LogP contribution in [0.25, 0.3) is 6.08 Å². The molecule has 9 nitrogen and oxygen atoms in total. The number of furan rings is 1. The second kappa shape index (κ2) is 9.18. The number of amidine groups is 1. The molecular weight excluding hydrogens is 418 g/mol. The highest BCUT2D eigenvalue weighted by Gasteiger charge is 2.34. The van der Waals surface area contributed by atoms with Crippen LogP contribution in [0.4, 0.5) is 5.69 Å². The Bertz CT molecular complexity index is 1190. The topological polar surface area (TPSA) is 114 Å². The lowest BCUT2D eigenvalue weighted by atomic mass is 10.2. The molecule has 1 aliphatic heterocycles. The number of aromatic nitrogens is 1. The molecule has 2 aromatic heterocycles. The third-order valence-electron chi connectivity index (χ3n) is 4.20. The molecule has 4 rings (SSSR count). The van der Waals surface area contributed by atoms with Crippen LogP contribution in [0.1, 0.15) is 16.9 Å². The summed E-state index contributed by atoms with van der Waals surface area (Å²) in [6, 6.07) is 13.2. The third-order valence-corrected chi connectivity index (χ3v) is 5.19. The number of hydrogen-bond donors (Lipinski definition) is 0. The molecule has 1 aromatic carbocycles. The van der Waals surface area contributed by atoms with Gasteiger partial charge >= 0.3 is 0 Å². The number of nitrogens with zero attached hydrogens (tertiary/aromatic N) is 5. The molecule has 1 aliphatic rings. The minimum absolute atomic E-state index is 0.0387. The lowest BCUT2D eigenvalue weighted by molar-refractivity contribution is -0.384. The number of rotatable bonds is 6. The van der Waals surface area contributed by atoms with Gasteiger partial charge in [-0.15, -0.1) is 5.10 Å². The summed E-state index contributed by atoms with van der Waals surface area (Å²) in [5.74, 6) is 0.376. The third kappa shape index (κ3) is 4.93. The molecule has 0 bridgehead atoms. The van der Waals surface area contributed by atoms with Gasteiger partial charge in [-0.05, 0) is 41.6 Å². The first-order valence-electron chi connectivity index (χ1n) is 9.09. The first-order valence-corrected chi connectivity index (χ1v) is 9.91. The van der Waals surface area contributed by atoms with E-state index in [4.69, 9.17) is 4.42 Å². The van der Waals surface area contributed by atoms with Crippen LogP contribution in [0.3, 0.4) is 0 Å². The number of hydrogen-bond acceptors (Lipinski definition) is 8. The quantitative estimate of drug-likeness (QED) is 0.250. The number of carbonyl (C=O) groups is 1. The van der Waals surface area contributed by atoms with E-state index >= 15 is 0 Å². The Morgan fingerprint density at radius 2 is 2.06 bits per heavy atom. The zero-order chi connectivity index (χ0) is 21.6. The molecule has 0 radical (unpaired) electrons. The molecule has 31 heavy (non-hydrogen) atoms. The number of benzene rings is 1. The number of nitro benzene ring substituents is 1. The number of carbonyl (C=O) groups excluding carboxylic acids is 1. The molecule has 3 heterocycles. The molecule has 0 atom stereocenters. The molecule has 3 aromatic rings. The predicted molar refractivity (Wildman–Crippen MR) is 117 cm³/mol. The van der Waals surface area contributed by atoms with Crippen LogP contribution < -0.4 is 0 Å². The Kier molecular flexibility index (Phi) is 5.99. The van der Waals surface area contributed by atoms with E-state index in [0.717, 1.165) is 5.56 Å². The van der Waals surface area contributed by atoms with Gasteiger partial charge in [0, 0.05) is 30.1 Å². The van der Waals surface area contributed by atoms with Crippen molar-refractivity contribution in [2.75, 3.05) is 0 Å². The fourth-order valence-corrected chi connectivity index (χ4v) is 3.69. The summed E-state index contributed by atoms with van der Waals surface area (Å²) >= 11 is 1.18. The monoisotopic (exact) mass is 433 g/mol. The SMILES string of the molecule is O=C1/C(=C/c2cccnc2)S/C(=N/N=C\c2cccc([N+](=O)[O-])c2)N1Cc1ccco1. The maximum absolute atomic E-state index is 13.0. The van der Waals surface area contributed by atoms with Crippen LogP contribution in [0.15, 0.2) is 86.7 Å². The highest BCUT2D eigenvalue weighted by Crippen LogP contribution is 2.33. The van der Waals surface area contributed by atoms with Gasteiger partial charge in [0.1, 0.15) is 5.76 Å². The maximum atomic E-state index is 13.0. The Balaban J connectivity index is 1.61. The van der Waals surface area contributed by atoms with Gasteiger partial charge in [0.15, 0.2) is 5.17 Å². The van der Waals surface area contributed by atoms with Gasteiger partial charge in [-0.25, -0.2) is 0 Å². The van der Waals surface area contributed by atoms with E-state index in [1.807, 2.05) is 6.07 Å². The number of nitro groups is 1. The molecule has 0 unspecified atom stereocenters. The first-order chi connectivity index (χ1) is 15.1. The van der Waals surface area contributed by atoms with E-state index in [0.29, 0.717) is 21.4 Å². The van der Waals surface area contributed by atoms with Crippen LogP contribution in [0.2, 0.25) is 0 Å². The summed E-state index contributed by atoms with van der Waals surface area (Å²) in [7, 11) is 0. The largest absolute Gasteiger partial charge is 0.467 e. The van der Waals surface area contributed by atoms with Crippen LogP contribution in [-0.2, 0) is 11.3 Å². The van der Waals surface area contributed by atoms with Crippen molar-refractivity contribution in [2.24, 2.45) is 10.2 Å². The lowest BCUT2D eigenvalue weighted by Gasteiger charge is -2.12. The van der Waals surface area contributed by atoms with E-state index < -0.39 is 4.92 Å². The second-order valence-electron chi connectivity index (χ2n) is 6.35. The maximum Gasteiger partial charge on any atom is 0.270 e. The van der Waals surface area contributed by atoms with Crippen LogP contribution >= 0.6 is 11.8 Å². The van der Waals surface area contributed by atoms with E-state index in [-0.39, 0.29) is 18.1 Å². The van der Waals surface area contributed by atoms with Crippen molar-refractivity contribution in [3.63, 3.8) is 0 Å². The standard InChI is InChI=1S/C21H15N5O4S/c27-20-19(11-16-5-2-8-22-12-16)31-21(25(20)14-18-7-3-9-30-18)24-23-13-15-4-1-6-17(10-15)26(28)29/h1-13H,14H2/b19-11-,23-13-,24-21+. The van der Waals surface area contributed by atoms with Crippen LogP contribution in [0.5, 0.6) is 0 Å². The van der Waals surface area contributed by atoms with E-state index in [1.165, 1.54) is 41.3 Å². The van der Waals surface area contributed by atoms with Crippen molar-refractivity contribution in [3.8, 4) is 0 Å². The number of thioether (sulfide) groups is 1. The summed E-state index contributed by atoms with van der Waals surface area (Å²) in [5.41, 5.74) is 1.28. The van der Waals surface area contributed by atoms with Crippen molar-refractivity contribution in [1.82, 2.24) is 9.88 Å². The van der Waals surface area contributed by atoms with Crippen LogP contribution in [0, 0.1) is 10.1 Å². The lowest BCUT2D eigenvalue weighted by Crippen LogP contribution is -2.28. The van der Waals surface area contributed by atoms with Gasteiger partial charge < -0.3 is 4.42 Å². The fraction of sp³-hybridized carbons (Fsp3) is 0.0476. The Hall–Kier alpha value is -4.05. The molecule has 0 spiro atoms. The van der Waals surface area contributed by atoms with Gasteiger partial charge in [-0.3, -0.25) is 24.8 Å². The normalized spacial score (nSPS) is 16.6. The molecule has 1 saturated heterocycles. The zero-order valence-electron chi connectivity index (χ0n) is 16.0. The molecule has 1 amide bonds. The van der Waals surface area contributed by atoms with Gasteiger partial charge in [0.25, 0.3) is 11.6 Å². The molecule has 1 fully saturated rings. The highest BCUT2D eigenvalue weighted by atomic mass is 32.2. The predicted octanol–water partition coefficient (Wildman–Crippen LogP) is 4.09. The summed E-state index contributed by atoms with van der Waals surface area (Å²) < 4.78 is 5.37. The molecule has 0 N–H and O–H groups in total.